The van der Waals surface area contributed by atoms with Gasteiger partial charge in [-0.25, -0.2) is 0 Å². The fourth-order valence-electron chi connectivity index (χ4n) is 2.19. The van der Waals surface area contributed by atoms with Gasteiger partial charge in [0.1, 0.15) is 5.75 Å². The Morgan fingerprint density at radius 3 is 2.70 bits per heavy atom. The number of phenolic OH excluding ortho intramolecular Hbond substituents is 1. The average Bonchev–Trinajstić information content (AvgIpc) is 2.94. The number of hydrogen-bond acceptors (Lipinski definition) is 3. The van der Waals surface area contributed by atoms with E-state index in [0.29, 0.717) is 0 Å². The molecule has 0 bridgehead atoms. The van der Waals surface area contributed by atoms with Crippen LogP contribution in [0.4, 0.5) is 0 Å². The van der Waals surface area contributed by atoms with E-state index in [1.807, 2.05) is 37.4 Å². The van der Waals surface area contributed by atoms with Crippen LogP contribution in [-0.4, -0.2) is 23.0 Å². The standard InChI is InChI=1S/C16H19NO2S/c1-4-12-9-10-20-15(12)16(19)17(3)11(2)13-7-5-6-8-14(13)18/h5-11,18H,4H2,1-3H3. The largest absolute Gasteiger partial charge is 0.508 e. The van der Waals surface area contributed by atoms with Crippen molar-refractivity contribution in [2.45, 2.75) is 26.3 Å². The smallest absolute Gasteiger partial charge is 0.264 e. The highest BCUT2D eigenvalue weighted by atomic mass is 32.1. The first-order valence-corrected chi connectivity index (χ1v) is 7.55. The summed E-state index contributed by atoms with van der Waals surface area (Å²) in [6, 6.07) is 8.96. The van der Waals surface area contributed by atoms with Crippen molar-refractivity contribution in [3.05, 3.63) is 51.7 Å². The number of carbonyl (C=O) groups excluding carboxylic acids is 1. The molecule has 1 unspecified atom stereocenters. The molecule has 1 aromatic heterocycles. The first-order valence-electron chi connectivity index (χ1n) is 6.67. The first kappa shape index (κ1) is 14.6. The second-order valence-electron chi connectivity index (χ2n) is 4.78. The Bertz CT molecular complexity index is 606. The highest BCUT2D eigenvalue weighted by molar-refractivity contribution is 7.12. The first-order chi connectivity index (χ1) is 9.56. The van der Waals surface area contributed by atoms with E-state index in [9.17, 15) is 9.90 Å². The Kier molecular flexibility index (Phi) is 4.45. The van der Waals surface area contributed by atoms with Crippen molar-refractivity contribution in [3.8, 4) is 5.75 Å². The van der Waals surface area contributed by atoms with Gasteiger partial charge in [-0.15, -0.1) is 11.3 Å². The molecule has 1 atom stereocenters. The van der Waals surface area contributed by atoms with Gasteiger partial charge in [-0.05, 0) is 36.4 Å². The quantitative estimate of drug-likeness (QED) is 0.928. The summed E-state index contributed by atoms with van der Waals surface area (Å²) in [6.07, 6.45) is 0.851. The molecular formula is C16H19NO2S. The molecule has 1 aromatic carbocycles. The molecule has 1 heterocycles. The summed E-state index contributed by atoms with van der Waals surface area (Å²) in [5.41, 5.74) is 1.84. The Hall–Kier alpha value is -1.81. The summed E-state index contributed by atoms with van der Waals surface area (Å²) in [4.78, 5) is 15.0. The number of benzene rings is 1. The lowest BCUT2D eigenvalue weighted by Crippen LogP contribution is -2.29. The van der Waals surface area contributed by atoms with E-state index in [1.54, 1.807) is 24.1 Å². The molecule has 3 nitrogen and oxygen atoms in total. The zero-order chi connectivity index (χ0) is 14.7. The van der Waals surface area contributed by atoms with Crippen LogP contribution in [0.3, 0.4) is 0 Å². The number of hydrogen-bond donors (Lipinski definition) is 1. The van der Waals surface area contributed by atoms with E-state index in [4.69, 9.17) is 0 Å². The molecule has 0 aliphatic carbocycles. The minimum absolute atomic E-state index is 0.00704. The Balaban J connectivity index is 2.25. The number of aromatic hydroxyl groups is 1. The third kappa shape index (κ3) is 2.70. The van der Waals surface area contributed by atoms with Gasteiger partial charge in [0.15, 0.2) is 0 Å². The number of rotatable bonds is 4. The minimum atomic E-state index is -0.171. The maximum atomic E-state index is 12.6. The molecule has 0 radical (unpaired) electrons. The van der Waals surface area contributed by atoms with Gasteiger partial charge in [-0.2, -0.15) is 0 Å². The van der Waals surface area contributed by atoms with Crippen molar-refractivity contribution in [2.75, 3.05) is 7.05 Å². The summed E-state index contributed by atoms with van der Waals surface area (Å²) < 4.78 is 0. The van der Waals surface area contributed by atoms with Crippen molar-refractivity contribution in [3.63, 3.8) is 0 Å². The molecule has 0 saturated heterocycles. The Labute approximate surface area is 123 Å². The zero-order valence-corrected chi connectivity index (χ0v) is 12.8. The van der Waals surface area contributed by atoms with Crippen LogP contribution in [0.25, 0.3) is 0 Å². The monoisotopic (exact) mass is 289 g/mol. The predicted octanol–water partition coefficient (Wildman–Crippen LogP) is 3.85. The second kappa shape index (κ2) is 6.09. The SMILES string of the molecule is CCc1ccsc1C(=O)N(C)C(C)c1ccccc1O. The van der Waals surface area contributed by atoms with Gasteiger partial charge in [-0.3, -0.25) is 4.79 Å². The molecule has 0 aliphatic rings. The van der Waals surface area contributed by atoms with Gasteiger partial charge in [0, 0.05) is 12.6 Å². The number of aryl methyl sites for hydroxylation is 1. The van der Waals surface area contributed by atoms with Crippen LogP contribution in [0.1, 0.15) is 40.7 Å². The number of amides is 1. The van der Waals surface area contributed by atoms with E-state index >= 15 is 0 Å². The molecule has 2 rings (SSSR count). The maximum absolute atomic E-state index is 12.6. The third-order valence-electron chi connectivity index (χ3n) is 3.61. The number of thiophene rings is 1. The van der Waals surface area contributed by atoms with E-state index < -0.39 is 0 Å². The molecule has 0 aliphatic heterocycles. The van der Waals surface area contributed by atoms with E-state index in [-0.39, 0.29) is 17.7 Å². The van der Waals surface area contributed by atoms with Crippen LogP contribution in [0.2, 0.25) is 0 Å². The molecule has 106 valence electrons. The van der Waals surface area contributed by atoms with E-state index in [0.717, 1.165) is 22.4 Å². The van der Waals surface area contributed by atoms with Gasteiger partial charge in [-0.1, -0.05) is 25.1 Å². The minimum Gasteiger partial charge on any atom is -0.508 e. The summed E-state index contributed by atoms with van der Waals surface area (Å²) >= 11 is 1.47. The van der Waals surface area contributed by atoms with Crippen molar-refractivity contribution in [2.24, 2.45) is 0 Å². The second-order valence-corrected chi connectivity index (χ2v) is 5.70. The van der Waals surface area contributed by atoms with Crippen molar-refractivity contribution < 1.29 is 9.90 Å². The van der Waals surface area contributed by atoms with Crippen LogP contribution in [0, 0.1) is 0 Å². The summed E-state index contributed by atoms with van der Waals surface area (Å²) in [5, 5.41) is 11.9. The highest BCUT2D eigenvalue weighted by Crippen LogP contribution is 2.29. The fourth-order valence-corrected chi connectivity index (χ4v) is 3.16. The normalized spacial score (nSPS) is 12.2. The van der Waals surface area contributed by atoms with E-state index in [2.05, 4.69) is 0 Å². The van der Waals surface area contributed by atoms with Crippen LogP contribution in [0.5, 0.6) is 5.75 Å². The van der Waals surface area contributed by atoms with Crippen LogP contribution >= 0.6 is 11.3 Å². The highest BCUT2D eigenvalue weighted by Gasteiger charge is 2.23. The number of phenols is 1. The topological polar surface area (TPSA) is 40.5 Å². The molecule has 0 saturated carbocycles. The lowest BCUT2D eigenvalue weighted by Gasteiger charge is -2.25. The molecule has 1 N–H and O–H groups in total. The van der Waals surface area contributed by atoms with Gasteiger partial charge in [0.25, 0.3) is 5.91 Å². The number of nitrogens with zero attached hydrogens (tertiary/aromatic N) is 1. The van der Waals surface area contributed by atoms with Gasteiger partial charge in [0.2, 0.25) is 0 Å². The lowest BCUT2D eigenvalue weighted by molar-refractivity contribution is 0.0745. The molecule has 20 heavy (non-hydrogen) atoms. The summed E-state index contributed by atoms with van der Waals surface area (Å²) in [6.45, 7) is 3.97. The zero-order valence-electron chi connectivity index (χ0n) is 12.0. The van der Waals surface area contributed by atoms with Crippen molar-refractivity contribution in [1.82, 2.24) is 4.90 Å². The molecule has 1 amide bonds. The summed E-state index contributed by atoms with van der Waals surface area (Å²) in [7, 11) is 1.78. The Morgan fingerprint density at radius 1 is 1.35 bits per heavy atom. The molecule has 0 fully saturated rings. The molecular weight excluding hydrogens is 270 g/mol. The van der Waals surface area contributed by atoms with Crippen LogP contribution in [0.15, 0.2) is 35.7 Å². The van der Waals surface area contributed by atoms with Crippen LogP contribution in [-0.2, 0) is 6.42 Å². The number of carbonyl (C=O) groups is 1. The number of para-hydroxylation sites is 1. The van der Waals surface area contributed by atoms with Gasteiger partial charge >= 0.3 is 0 Å². The van der Waals surface area contributed by atoms with Crippen LogP contribution < -0.4 is 0 Å². The van der Waals surface area contributed by atoms with E-state index in [1.165, 1.54) is 11.3 Å². The summed E-state index contributed by atoms with van der Waals surface area (Å²) in [5.74, 6) is 0.231. The van der Waals surface area contributed by atoms with Gasteiger partial charge < -0.3 is 10.0 Å². The molecule has 4 heteroatoms. The molecule has 2 aromatic rings. The third-order valence-corrected chi connectivity index (χ3v) is 4.55. The van der Waals surface area contributed by atoms with Crippen molar-refractivity contribution >= 4 is 17.2 Å². The maximum Gasteiger partial charge on any atom is 0.264 e. The Morgan fingerprint density at radius 2 is 2.05 bits per heavy atom. The van der Waals surface area contributed by atoms with Crippen molar-refractivity contribution in [1.29, 1.82) is 0 Å². The molecule has 0 spiro atoms. The van der Waals surface area contributed by atoms with Gasteiger partial charge in [0.05, 0.1) is 10.9 Å². The average molecular weight is 289 g/mol. The fraction of sp³-hybridized carbons (Fsp3) is 0.312. The lowest BCUT2D eigenvalue weighted by atomic mass is 10.1. The predicted molar refractivity (Wildman–Crippen MR) is 82.3 cm³/mol.